The third-order valence-electron chi connectivity index (χ3n) is 3.53. The third-order valence-corrected chi connectivity index (χ3v) is 3.78. The summed E-state index contributed by atoms with van der Waals surface area (Å²) in [5, 5.41) is 7.44. The van der Waals surface area contributed by atoms with Gasteiger partial charge in [-0.05, 0) is 45.1 Å². The highest BCUT2D eigenvalue weighted by atomic mass is 127. The second-order valence-electron chi connectivity index (χ2n) is 5.46. The van der Waals surface area contributed by atoms with Gasteiger partial charge in [0.2, 0.25) is 0 Å². The maximum atomic E-state index is 5.97. The van der Waals surface area contributed by atoms with Crippen molar-refractivity contribution in [3.05, 3.63) is 34.9 Å². The zero-order valence-corrected chi connectivity index (χ0v) is 18.1. The molecule has 0 heterocycles. The van der Waals surface area contributed by atoms with E-state index in [4.69, 9.17) is 16.3 Å². The minimum Gasteiger partial charge on any atom is -0.382 e. The SMILES string of the molecule is CCOCCCNC(=NC)NCC(c1ccc(Cl)cc1)N(C)C.I. The quantitative estimate of drug-likeness (QED) is 0.253. The molecule has 5 nitrogen and oxygen atoms in total. The largest absolute Gasteiger partial charge is 0.382 e. The normalized spacial score (nSPS) is 12.7. The van der Waals surface area contributed by atoms with Gasteiger partial charge in [-0.2, -0.15) is 0 Å². The van der Waals surface area contributed by atoms with Crippen LogP contribution >= 0.6 is 35.6 Å². The number of benzene rings is 1. The van der Waals surface area contributed by atoms with Crippen molar-refractivity contribution in [2.75, 3.05) is 47.4 Å². The number of ether oxygens (including phenoxy) is 1. The lowest BCUT2D eigenvalue weighted by Crippen LogP contribution is -2.42. The Labute approximate surface area is 168 Å². The molecule has 0 bridgehead atoms. The second kappa shape index (κ2) is 13.7. The maximum absolute atomic E-state index is 5.97. The van der Waals surface area contributed by atoms with Gasteiger partial charge in [-0.15, -0.1) is 24.0 Å². The van der Waals surface area contributed by atoms with Crippen LogP contribution in [0.5, 0.6) is 0 Å². The van der Waals surface area contributed by atoms with Gasteiger partial charge in [0.1, 0.15) is 0 Å². The molecule has 0 fully saturated rings. The van der Waals surface area contributed by atoms with Gasteiger partial charge in [0, 0.05) is 38.4 Å². The molecule has 0 aliphatic rings. The van der Waals surface area contributed by atoms with Crippen molar-refractivity contribution < 1.29 is 4.74 Å². The number of nitrogens with one attached hydrogen (secondary N) is 2. The Morgan fingerprint density at radius 3 is 2.46 bits per heavy atom. The summed E-state index contributed by atoms with van der Waals surface area (Å²) in [6.07, 6.45) is 0.961. The molecule has 1 aromatic carbocycles. The van der Waals surface area contributed by atoms with Crippen LogP contribution in [0.25, 0.3) is 0 Å². The van der Waals surface area contributed by atoms with E-state index >= 15 is 0 Å². The average molecular weight is 469 g/mol. The van der Waals surface area contributed by atoms with Crippen LogP contribution in [-0.2, 0) is 4.74 Å². The first kappa shape index (κ1) is 23.4. The summed E-state index contributed by atoms with van der Waals surface area (Å²) in [6, 6.07) is 8.22. The van der Waals surface area contributed by atoms with Crippen molar-refractivity contribution in [3.63, 3.8) is 0 Å². The maximum Gasteiger partial charge on any atom is 0.191 e. The van der Waals surface area contributed by atoms with Gasteiger partial charge in [0.15, 0.2) is 5.96 Å². The lowest BCUT2D eigenvalue weighted by atomic mass is 10.1. The van der Waals surface area contributed by atoms with Crippen LogP contribution in [0.4, 0.5) is 0 Å². The summed E-state index contributed by atoms with van der Waals surface area (Å²) in [5.41, 5.74) is 1.22. The molecule has 0 aliphatic heterocycles. The van der Waals surface area contributed by atoms with Crippen molar-refractivity contribution in [1.82, 2.24) is 15.5 Å². The summed E-state index contributed by atoms with van der Waals surface area (Å²) >= 11 is 5.97. The zero-order chi connectivity index (χ0) is 17.1. The highest BCUT2D eigenvalue weighted by Gasteiger charge is 2.14. The number of aliphatic imine (C=N–C) groups is 1. The van der Waals surface area contributed by atoms with E-state index in [1.54, 1.807) is 7.05 Å². The molecule has 0 saturated heterocycles. The van der Waals surface area contributed by atoms with Crippen molar-refractivity contribution >= 4 is 41.5 Å². The summed E-state index contributed by atoms with van der Waals surface area (Å²) in [5.74, 6) is 0.808. The van der Waals surface area contributed by atoms with Crippen molar-refractivity contribution in [3.8, 4) is 0 Å². The molecule has 0 aliphatic carbocycles. The molecule has 24 heavy (non-hydrogen) atoms. The van der Waals surface area contributed by atoms with Gasteiger partial charge >= 0.3 is 0 Å². The lowest BCUT2D eigenvalue weighted by molar-refractivity contribution is 0.145. The van der Waals surface area contributed by atoms with E-state index in [0.29, 0.717) is 0 Å². The molecule has 1 aromatic rings. The number of guanidine groups is 1. The summed E-state index contributed by atoms with van der Waals surface area (Å²) in [4.78, 5) is 6.44. The third kappa shape index (κ3) is 9.05. The van der Waals surface area contributed by atoms with E-state index in [1.807, 2.05) is 19.1 Å². The van der Waals surface area contributed by atoms with Gasteiger partial charge in [0.05, 0.1) is 6.04 Å². The van der Waals surface area contributed by atoms with E-state index in [-0.39, 0.29) is 30.0 Å². The molecule has 0 aromatic heterocycles. The van der Waals surface area contributed by atoms with Crippen molar-refractivity contribution in [2.45, 2.75) is 19.4 Å². The number of hydrogen-bond acceptors (Lipinski definition) is 3. The van der Waals surface area contributed by atoms with Gasteiger partial charge in [-0.25, -0.2) is 0 Å². The van der Waals surface area contributed by atoms with E-state index < -0.39 is 0 Å². The Balaban J connectivity index is 0.00000529. The number of halogens is 2. The van der Waals surface area contributed by atoms with Crippen LogP contribution in [0.1, 0.15) is 24.9 Å². The Kier molecular flexibility index (Phi) is 13.4. The van der Waals surface area contributed by atoms with Crippen LogP contribution in [0.2, 0.25) is 5.02 Å². The monoisotopic (exact) mass is 468 g/mol. The minimum atomic E-state index is 0. The van der Waals surface area contributed by atoms with E-state index in [1.165, 1.54) is 5.56 Å². The summed E-state index contributed by atoms with van der Waals surface area (Å²) < 4.78 is 5.33. The first-order chi connectivity index (χ1) is 11.1. The molecule has 1 atom stereocenters. The average Bonchev–Trinajstić information content (AvgIpc) is 2.54. The number of nitrogens with zero attached hydrogens (tertiary/aromatic N) is 2. The zero-order valence-electron chi connectivity index (χ0n) is 15.0. The Bertz CT molecular complexity index is 468. The summed E-state index contributed by atoms with van der Waals surface area (Å²) in [6.45, 7) is 5.14. The van der Waals surface area contributed by atoms with Crippen molar-refractivity contribution in [1.29, 1.82) is 0 Å². The van der Waals surface area contributed by atoms with E-state index in [9.17, 15) is 0 Å². The van der Waals surface area contributed by atoms with Gasteiger partial charge in [0.25, 0.3) is 0 Å². The molecule has 1 rings (SSSR count). The molecule has 7 heteroatoms. The van der Waals surface area contributed by atoms with Gasteiger partial charge < -0.3 is 20.3 Å². The highest BCUT2D eigenvalue weighted by molar-refractivity contribution is 14.0. The predicted octanol–water partition coefficient (Wildman–Crippen LogP) is 3.15. The fourth-order valence-corrected chi connectivity index (χ4v) is 2.35. The summed E-state index contributed by atoms with van der Waals surface area (Å²) in [7, 11) is 5.92. The Morgan fingerprint density at radius 1 is 1.25 bits per heavy atom. The lowest BCUT2D eigenvalue weighted by Gasteiger charge is -2.26. The van der Waals surface area contributed by atoms with Crippen LogP contribution in [-0.4, -0.2) is 58.3 Å². The number of hydrogen-bond donors (Lipinski definition) is 2. The molecule has 138 valence electrons. The van der Waals surface area contributed by atoms with Crippen LogP contribution in [0.3, 0.4) is 0 Å². The highest BCUT2D eigenvalue weighted by Crippen LogP contribution is 2.19. The topological polar surface area (TPSA) is 48.9 Å². The first-order valence-electron chi connectivity index (χ1n) is 8.02. The fraction of sp³-hybridized carbons (Fsp3) is 0.588. The molecule has 1 unspecified atom stereocenters. The van der Waals surface area contributed by atoms with Gasteiger partial charge in [-0.1, -0.05) is 23.7 Å². The van der Waals surface area contributed by atoms with Gasteiger partial charge in [-0.3, -0.25) is 4.99 Å². The molecule has 0 saturated carbocycles. The molecule has 0 radical (unpaired) electrons. The second-order valence-corrected chi connectivity index (χ2v) is 5.90. The standard InChI is InChI=1S/C17H29ClN4O.HI/c1-5-23-12-6-11-20-17(19-2)21-13-16(22(3)4)14-7-9-15(18)10-8-14;/h7-10,16H,5-6,11-13H2,1-4H3,(H2,19,20,21);1H. The number of likely N-dealkylation sites (N-methyl/N-ethyl adjacent to an activating group) is 1. The van der Waals surface area contributed by atoms with Crippen molar-refractivity contribution in [2.24, 2.45) is 4.99 Å². The number of rotatable bonds is 9. The minimum absolute atomic E-state index is 0. The van der Waals surface area contributed by atoms with Crippen LogP contribution in [0.15, 0.2) is 29.3 Å². The van der Waals surface area contributed by atoms with Crippen LogP contribution in [0, 0.1) is 0 Å². The molecular formula is C17H30ClIN4O. The molecule has 2 N–H and O–H groups in total. The Morgan fingerprint density at radius 2 is 1.92 bits per heavy atom. The first-order valence-corrected chi connectivity index (χ1v) is 8.40. The molecule has 0 spiro atoms. The van der Waals surface area contributed by atoms with E-state index in [2.05, 4.69) is 46.8 Å². The Hall–Kier alpha value is -0.570. The smallest absolute Gasteiger partial charge is 0.191 e. The van der Waals surface area contributed by atoms with E-state index in [0.717, 1.165) is 43.7 Å². The molecule has 0 amide bonds. The fourth-order valence-electron chi connectivity index (χ4n) is 2.22. The molecular weight excluding hydrogens is 439 g/mol. The predicted molar refractivity (Wildman–Crippen MR) is 114 cm³/mol. The van der Waals surface area contributed by atoms with Crippen LogP contribution < -0.4 is 10.6 Å².